The smallest absolute Gasteiger partial charge is 0.308 e. The third-order valence-electron chi connectivity index (χ3n) is 8.37. The van der Waals surface area contributed by atoms with Crippen LogP contribution < -0.4 is 9.47 Å². The van der Waals surface area contributed by atoms with Crippen molar-refractivity contribution >= 4 is 17.7 Å². The molecule has 0 N–H and O–H groups in total. The molecule has 1 spiro atoms. The van der Waals surface area contributed by atoms with Crippen LogP contribution in [0.2, 0.25) is 0 Å². The number of benzene rings is 1. The van der Waals surface area contributed by atoms with E-state index in [1.165, 1.54) is 13.8 Å². The molecule has 4 aliphatic rings. The van der Waals surface area contributed by atoms with Crippen LogP contribution in [0.15, 0.2) is 35.9 Å². The molecule has 0 aromatic heterocycles. The van der Waals surface area contributed by atoms with Gasteiger partial charge in [0.1, 0.15) is 5.60 Å². The predicted octanol–water partition coefficient (Wildman–Crippen LogP) is 3.67. The van der Waals surface area contributed by atoms with Gasteiger partial charge in [-0.1, -0.05) is 29.9 Å². The Kier molecular flexibility index (Phi) is 5.66. The van der Waals surface area contributed by atoms with E-state index in [0.717, 1.165) is 23.2 Å². The van der Waals surface area contributed by atoms with Crippen LogP contribution in [0.25, 0.3) is 0 Å². The van der Waals surface area contributed by atoms with Crippen molar-refractivity contribution in [3.05, 3.63) is 47.1 Å². The minimum atomic E-state index is -0.914. The van der Waals surface area contributed by atoms with Crippen LogP contribution >= 0.6 is 0 Å². The van der Waals surface area contributed by atoms with Gasteiger partial charge in [-0.3, -0.25) is 19.3 Å². The lowest BCUT2D eigenvalue weighted by atomic mass is 9.47. The van der Waals surface area contributed by atoms with Crippen LogP contribution in [0.1, 0.15) is 58.1 Å². The molecule has 1 aromatic rings. The molecule has 2 aliphatic carbocycles. The largest absolute Gasteiger partial charge is 0.477 e. The second-order valence-corrected chi connectivity index (χ2v) is 10.5. The van der Waals surface area contributed by atoms with Gasteiger partial charge < -0.3 is 14.2 Å². The van der Waals surface area contributed by atoms with Gasteiger partial charge in [-0.25, -0.2) is 0 Å². The SMILES string of the molecule is C/C=C\C=C(/C)C[C@H]1C[C@@]2(OC(C)=O)[C@H]3Cc4ccc(OC(C)=O)c5c4[C@@]2(CCN3C)[C@@H](O5)C1=O. The lowest BCUT2D eigenvalue weighted by Crippen LogP contribution is -2.78. The molecule has 2 bridgehead atoms. The molecule has 35 heavy (non-hydrogen) atoms. The van der Waals surface area contributed by atoms with Crippen molar-refractivity contribution in [1.29, 1.82) is 0 Å². The van der Waals surface area contributed by atoms with Crippen LogP contribution in [-0.4, -0.2) is 54.0 Å². The lowest BCUT2D eigenvalue weighted by molar-refractivity contribution is -0.217. The fraction of sp³-hybridized carbons (Fsp3) is 0.536. The Morgan fingerprint density at radius 1 is 1.23 bits per heavy atom. The van der Waals surface area contributed by atoms with E-state index in [4.69, 9.17) is 14.2 Å². The Hall–Kier alpha value is -2.93. The Morgan fingerprint density at radius 2 is 2.00 bits per heavy atom. The molecule has 0 amide bonds. The van der Waals surface area contributed by atoms with Gasteiger partial charge in [0.15, 0.2) is 23.4 Å². The Morgan fingerprint density at radius 3 is 2.69 bits per heavy atom. The standard InChI is InChI=1S/C28H33NO6/c1-6-7-8-16(2)13-20-15-28(35-18(4)31)22-14-19-9-10-21(33-17(3)30)25-23(19)27(28,11-12-29(22)5)26(34-25)24(20)32/h6-10,20,22,26H,11-15H2,1-5H3/b7-6-,16-8+/t20-,22+,26-,27-,28+/m0/s1. The third kappa shape index (κ3) is 3.31. The summed E-state index contributed by atoms with van der Waals surface area (Å²) in [6.07, 6.45) is 7.44. The summed E-state index contributed by atoms with van der Waals surface area (Å²) >= 11 is 0. The highest BCUT2D eigenvalue weighted by atomic mass is 16.6. The van der Waals surface area contributed by atoms with Gasteiger partial charge in [-0.05, 0) is 64.8 Å². The minimum Gasteiger partial charge on any atom is -0.477 e. The van der Waals surface area contributed by atoms with E-state index < -0.39 is 23.1 Å². The summed E-state index contributed by atoms with van der Waals surface area (Å²) in [5, 5.41) is 0. The van der Waals surface area contributed by atoms with Crippen molar-refractivity contribution in [3.63, 3.8) is 0 Å². The fourth-order valence-electron chi connectivity index (χ4n) is 7.20. The number of hydrogen-bond acceptors (Lipinski definition) is 7. The number of nitrogens with zero attached hydrogens (tertiary/aromatic N) is 1. The maximum atomic E-state index is 14.1. The summed E-state index contributed by atoms with van der Waals surface area (Å²) in [4.78, 5) is 40.8. The number of carbonyl (C=O) groups is 3. The maximum Gasteiger partial charge on any atom is 0.308 e. The van der Waals surface area contributed by atoms with Gasteiger partial charge in [0.25, 0.3) is 0 Å². The number of ketones is 1. The average Bonchev–Trinajstić information content (AvgIpc) is 3.14. The molecule has 186 valence electrons. The summed E-state index contributed by atoms with van der Waals surface area (Å²) in [6.45, 7) is 7.52. The number of likely N-dealkylation sites (tertiary alicyclic amines) is 1. The monoisotopic (exact) mass is 479 g/mol. The maximum absolute atomic E-state index is 14.1. The van der Waals surface area contributed by atoms with E-state index in [1.807, 2.05) is 38.1 Å². The summed E-state index contributed by atoms with van der Waals surface area (Å²) in [5.41, 5.74) is 1.32. The molecule has 2 aliphatic heterocycles. The molecule has 5 rings (SSSR count). The molecule has 7 nitrogen and oxygen atoms in total. The Labute approximate surface area is 206 Å². The van der Waals surface area contributed by atoms with Crippen molar-refractivity contribution < 1.29 is 28.6 Å². The number of piperidine rings is 1. The number of allylic oxidation sites excluding steroid dienone is 4. The van der Waals surface area contributed by atoms with Gasteiger partial charge in [-0.2, -0.15) is 0 Å². The molecule has 1 aromatic carbocycles. The van der Waals surface area contributed by atoms with E-state index in [0.29, 0.717) is 37.2 Å². The third-order valence-corrected chi connectivity index (χ3v) is 8.37. The Balaban J connectivity index is 1.72. The summed E-state index contributed by atoms with van der Waals surface area (Å²) in [5.74, 6) is -0.349. The molecular formula is C28H33NO6. The number of carbonyl (C=O) groups excluding carboxylic acids is 3. The summed E-state index contributed by atoms with van der Waals surface area (Å²) in [6, 6.07) is 3.64. The number of rotatable bonds is 5. The zero-order valence-electron chi connectivity index (χ0n) is 21.1. The van der Waals surface area contributed by atoms with Crippen LogP contribution in [0.3, 0.4) is 0 Å². The molecule has 2 fully saturated rings. The highest BCUT2D eigenvalue weighted by Gasteiger charge is 2.76. The fourth-order valence-corrected chi connectivity index (χ4v) is 7.20. The molecule has 0 unspecified atom stereocenters. The van der Waals surface area contributed by atoms with Crippen molar-refractivity contribution in [2.45, 2.75) is 76.5 Å². The zero-order chi connectivity index (χ0) is 25.1. The van der Waals surface area contributed by atoms with Crippen molar-refractivity contribution in [2.24, 2.45) is 5.92 Å². The summed E-state index contributed by atoms with van der Waals surface area (Å²) in [7, 11) is 2.06. The first-order valence-electron chi connectivity index (χ1n) is 12.4. The molecule has 1 saturated heterocycles. The quantitative estimate of drug-likeness (QED) is 0.362. The number of esters is 2. The van der Waals surface area contributed by atoms with E-state index in [9.17, 15) is 14.4 Å². The second kappa shape index (κ2) is 8.33. The van der Waals surface area contributed by atoms with Crippen molar-refractivity contribution in [1.82, 2.24) is 4.90 Å². The Bertz CT molecular complexity index is 1170. The van der Waals surface area contributed by atoms with Crippen molar-refractivity contribution in [3.8, 4) is 11.5 Å². The van der Waals surface area contributed by atoms with Crippen LogP contribution in [0, 0.1) is 5.92 Å². The highest BCUT2D eigenvalue weighted by Crippen LogP contribution is 2.67. The first-order valence-corrected chi connectivity index (χ1v) is 12.4. The van der Waals surface area contributed by atoms with Gasteiger partial charge in [-0.15, -0.1) is 0 Å². The number of hydrogen-bond donors (Lipinski definition) is 0. The predicted molar refractivity (Wildman–Crippen MR) is 129 cm³/mol. The molecule has 0 radical (unpaired) electrons. The van der Waals surface area contributed by atoms with E-state index in [2.05, 4.69) is 11.9 Å². The lowest BCUT2D eigenvalue weighted by Gasteiger charge is -2.64. The minimum absolute atomic E-state index is 0.0298. The topological polar surface area (TPSA) is 82.1 Å². The number of likely N-dealkylation sites (N-methyl/N-ethyl adjacent to an activating group) is 1. The van der Waals surface area contributed by atoms with E-state index in [1.54, 1.807) is 6.07 Å². The van der Waals surface area contributed by atoms with Gasteiger partial charge in [0.05, 0.1) is 11.5 Å². The first kappa shape index (κ1) is 23.8. The highest BCUT2D eigenvalue weighted by molar-refractivity contribution is 5.92. The number of Topliss-reactive ketones (excluding diaryl/α,β-unsaturated/α-hetero) is 1. The molecule has 1 saturated carbocycles. The van der Waals surface area contributed by atoms with Gasteiger partial charge >= 0.3 is 11.9 Å². The molecule has 2 heterocycles. The summed E-state index contributed by atoms with van der Waals surface area (Å²) < 4.78 is 18.4. The molecule has 7 heteroatoms. The van der Waals surface area contributed by atoms with Crippen LogP contribution in [0.4, 0.5) is 0 Å². The van der Waals surface area contributed by atoms with Crippen LogP contribution in [-0.2, 0) is 31.0 Å². The first-order chi connectivity index (χ1) is 16.6. The molecular weight excluding hydrogens is 446 g/mol. The average molecular weight is 480 g/mol. The van der Waals surface area contributed by atoms with Crippen molar-refractivity contribution in [2.75, 3.05) is 13.6 Å². The van der Waals surface area contributed by atoms with Gasteiger partial charge in [0, 0.05) is 25.3 Å². The molecule has 5 atom stereocenters. The van der Waals surface area contributed by atoms with Gasteiger partial charge in [0.2, 0.25) is 0 Å². The normalized spacial score (nSPS) is 33.3. The number of ether oxygens (including phenoxy) is 3. The van der Waals surface area contributed by atoms with E-state index in [-0.39, 0.29) is 23.7 Å². The zero-order valence-corrected chi connectivity index (χ0v) is 21.1. The van der Waals surface area contributed by atoms with E-state index >= 15 is 0 Å². The second-order valence-electron chi connectivity index (χ2n) is 10.5. The van der Waals surface area contributed by atoms with Crippen LogP contribution in [0.5, 0.6) is 11.5 Å².